The summed E-state index contributed by atoms with van der Waals surface area (Å²) in [6.45, 7) is 4.00. The largest absolute Gasteiger partial charge is 0.456 e. The minimum absolute atomic E-state index is 0.874. The number of allylic oxidation sites excluding steroid dienone is 4. The van der Waals surface area contributed by atoms with Crippen molar-refractivity contribution in [3.63, 3.8) is 0 Å². The van der Waals surface area contributed by atoms with Crippen LogP contribution in [-0.4, -0.2) is 4.57 Å². The number of furan rings is 1. The van der Waals surface area contributed by atoms with Gasteiger partial charge in [0.1, 0.15) is 11.2 Å². The number of nitrogens with zero attached hydrogens (tertiary/aromatic N) is 3. The van der Waals surface area contributed by atoms with Gasteiger partial charge in [-0.2, -0.15) is 0 Å². The van der Waals surface area contributed by atoms with Gasteiger partial charge >= 0.3 is 0 Å². The maximum atomic E-state index is 6.36. The van der Waals surface area contributed by atoms with Crippen LogP contribution < -0.4 is 9.80 Å². The predicted octanol–water partition coefficient (Wildman–Crippen LogP) is 18.6. The van der Waals surface area contributed by atoms with Crippen molar-refractivity contribution in [3.8, 4) is 16.8 Å². The molecule has 0 spiro atoms. The molecule has 322 valence electrons. The molecule has 0 N–H and O–H groups in total. The van der Waals surface area contributed by atoms with Crippen molar-refractivity contribution >= 4 is 104 Å². The van der Waals surface area contributed by atoms with E-state index in [0.717, 1.165) is 80.0 Å². The minimum Gasteiger partial charge on any atom is -0.456 e. The summed E-state index contributed by atoms with van der Waals surface area (Å²) in [6, 6.07) is 74.8. The van der Waals surface area contributed by atoms with Crippen molar-refractivity contribution in [2.45, 2.75) is 26.7 Å². The summed E-state index contributed by atoms with van der Waals surface area (Å²) in [4.78, 5) is 4.77. The number of aromatic nitrogens is 1. The molecule has 1 aliphatic rings. The zero-order valence-corrected chi connectivity index (χ0v) is 38.3. The Balaban J connectivity index is 0.00000231. The van der Waals surface area contributed by atoms with Crippen molar-refractivity contribution in [2.24, 2.45) is 0 Å². The minimum atomic E-state index is 0.874. The molecular formula is C62H47N3OS. The molecule has 0 amide bonds. The fraction of sp³-hybridized carbons (Fsp3) is 0.0645. The Morgan fingerprint density at radius 3 is 1.91 bits per heavy atom. The molecule has 0 fully saturated rings. The SMILES string of the molecule is C1=CCCC(N(c2ccc(-c3cccc(N(c4ccccc4)c4ccc5c(c4)oc4ccccc45)c3)cc2)c2ccc3c(c2)c2cc4c(cc2n3-c2ccccc2)sc2ccccc24)=C1.CC. The molecule has 0 unspecified atom stereocenters. The average molecular weight is 882 g/mol. The molecule has 3 heterocycles. The van der Waals surface area contributed by atoms with E-state index in [4.69, 9.17) is 4.42 Å². The van der Waals surface area contributed by atoms with Gasteiger partial charge in [0.05, 0.1) is 11.0 Å². The molecule has 0 saturated carbocycles. The summed E-state index contributed by atoms with van der Waals surface area (Å²) in [6.07, 6.45) is 8.71. The molecule has 9 aromatic carbocycles. The van der Waals surface area contributed by atoms with Gasteiger partial charge in [0.15, 0.2) is 0 Å². The lowest BCUT2D eigenvalue weighted by Crippen LogP contribution is -2.17. The van der Waals surface area contributed by atoms with Crippen LogP contribution in [0.25, 0.3) is 80.7 Å². The lowest BCUT2D eigenvalue weighted by molar-refractivity contribution is 0.669. The number of rotatable bonds is 8. The zero-order valence-electron chi connectivity index (χ0n) is 37.4. The van der Waals surface area contributed by atoms with Crippen LogP contribution in [0.2, 0.25) is 0 Å². The fourth-order valence-corrected chi connectivity index (χ4v) is 11.1. The Bertz CT molecular complexity index is 3840. The first-order valence-electron chi connectivity index (χ1n) is 23.3. The van der Waals surface area contributed by atoms with Crippen LogP contribution in [-0.2, 0) is 0 Å². The number of hydrogen-bond donors (Lipinski definition) is 0. The summed E-state index contributed by atoms with van der Waals surface area (Å²) in [5, 5.41) is 7.38. The predicted molar refractivity (Wildman–Crippen MR) is 287 cm³/mol. The number of thiophene rings is 1. The Morgan fingerprint density at radius 1 is 0.433 bits per heavy atom. The molecule has 12 aromatic rings. The quantitative estimate of drug-likeness (QED) is 0.152. The van der Waals surface area contributed by atoms with Crippen LogP contribution in [0.3, 0.4) is 0 Å². The van der Waals surface area contributed by atoms with Crippen LogP contribution in [0, 0.1) is 0 Å². The van der Waals surface area contributed by atoms with Crippen LogP contribution in [0.4, 0.5) is 28.4 Å². The van der Waals surface area contributed by atoms with E-state index in [0.29, 0.717) is 0 Å². The lowest BCUT2D eigenvalue weighted by atomic mass is 10.0. The molecule has 1 aliphatic carbocycles. The normalized spacial score (nSPS) is 12.5. The lowest BCUT2D eigenvalue weighted by Gasteiger charge is -2.29. The highest BCUT2D eigenvalue weighted by molar-refractivity contribution is 7.25. The van der Waals surface area contributed by atoms with Gasteiger partial charge in [-0.1, -0.05) is 123 Å². The number of anilines is 5. The molecule has 4 nitrogen and oxygen atoms in total. The maximum Gasteiger partial charge on any atom is 0.137 e. The van der Waals surface area contributed by atoms with Gasteiger partial charge < -0.3 is 18.8 Å². The molecule has 3 aromatic heterocycles. The van der Waals surface area contributed by atoms with Gasteiger partial charge in [0.25, 0.3) is 0 Å². The second-order valence-electron chi connectivity index (χ2n) is 16.8. The van der Waals surface area contributed by atoms with Gasteiger partial charge in [-0.25, -0.2) is 0 Å². The van der Waals surface area contributed by atoms with Crippen molar-refractivity contribution < 1.29 is 4.42 Å². The number of fused-ring (bicyclic) bond motifs is 9. The fourth-order valence-electron chi connectivity index (χ4n) is 9.98. The second kappa shape index (κ2) is 17.0. The van der Waals surface area contributed by atoms with Gasteiger partial charge in [-0.05, 0) is 133 Å². The Morgan fingerprint density at radius 2 is 1.09 bits per heavy atom. The molecule has 0 saturated heterocycles. The maximum absolute atomic E-state index is 6.36. The molecule has 0 bridgehead atoms. The van der Waals surface area contributed by atoms with Gasteiger partial charge in [-0.3, -0.25) is 0 Å². The van der Waals surface area contributed by atoms with Crippen molar-refractivity contribution in [3.05, 3.63) is 230 Å². The topological polar surface area (TPSA) is 24.6 Å². The third-order valence-corrected chi connectivity index (χ3v) is 14.1. The number of hydrogen-bond acceptors (Lipinski definition) is 4. The van der Waals surface area contributed by atoms with Crippen LogP contribution in [0.15, 0.2) is 235 Å². The number of para-hydroxylation sites is 3. The van der Waals surface area contributed by atoms with Gasteiger partial charge in [0, 0.05) is 87.6 Å². The zero-order chi connectivity index (χ0) is 44.8. The molecule has 5 heteroatoms. The first kappa shape index (κ1) is 40.4. The highest BCUT2D eigenvalue weighted by Crippen LogP contribution is 2.44. The van der Waals surface area contributed by atoms with E-state index in [9.17, 15) is 0 Å². The van der Waals surface area contributed by atoms with E-state index in [1.807, 2.05) is 37.3 Å². The highest BCUT2D eigenvalue weighted by atomic mass is 32.1. The van der Waals surface area contributed by atoms with E-state index < -0.39 is 0 Å². The number of benzene rings is 9. The van der Waals surface area contributed by atoms with E-state index in [-0.39, 0.29) is 0 Å². The molecule has 13 rings (SSSR count). The van der Waals surface area contributed by atoms with E-state index in [1.165, 1.54) is 47.7 Å². The van der Waals surface area contributed by atoms with E-state index in [1.54, 1.807) is 0 Å². The molecule has 0 atom stereocenters. The van der Waals surface area contributed by atoms with Crippen molar-refractivity contribution in [1.29, 1.82) is 0 Å². The second-order valence-corrected chi connectivity index (χ2v) is 17.9. The van der Waals surface area contributed by atoms with E-state index in [2.05, 4.69) is 227 Å². The van der Waals surface area contributed by atoms with Gasteiger partial charge in [0.2, 0.25) is 0 Å². The first-order chi connectivity index (χ1) is 33.2. The standard InChI is InChI=1S/C60H41N3OS.C2H6/c1-4-16-42(17-5-1)61(47-32-34-55-52(36-47)53-38-54-51-24-11-13-26-59(51)65-60(54)39-56(53)63(55)44-20-8-3-9-21-44)45-29-27-40(28-30-45)41-15-14-22-46(35-41)62(43-18-6-2-7-19-43)48-31-33-50-49-23-10-12-25-57(49)64-58(50)37-48;1-2/h1-4,6-16,18-39H,5,17H2;1-2H3. The summed E-state index contributed by atoms with van der Waals surface area (Å²) >= 11 is 1.87. The molecule has 0 radical (unpaired) electrons. The third kappa shape index (κ3) is 7.07. The van der Waals surface area contributed by atoms with Crippen LogP contribution >= 0.6 is 11.3 Å². The van der Waals surface area contributed by atoms with Gasteiger partial charge in [-0.15, -0.1) is 11.3 Å². The molecule has 0 aliphatic heterocycles. The third-order valence-electron chi connectivity index (χ3n) is 13.0. The smallest absolute Gasteiger partial charge is 0.137 e. The Kier molecular flexibility index (Phi) is 10.3. The van der Waals surface area contributed by atoms with Crippen LogP contribution in [0.5, 0.6) is 0 Å². The molecular weight excluding hydrogens is 835 g/mol. The summed E-state index contributed by atoms with van der Waals surface area (Å²) in [5.74, 6) is 0. The Labute approximate surface area is 394 Å². The van der Waals surface area contributed by atoms with E-state index >= 15 is 0 Å². The average Bonchev–Trinajstić information content (AvgIpc) is 4.06. The first-order valence-corrected chi connectivity index (χ1v) is 24.1. The van der Waals surface area contributed by atoms with Crippen LogP contribution in [0.1, 0.15) is 26.7 Å². The molecule has 67 heavy (non-hydrogen) atoms. The van der Waals surface area contributed by atoms with Crippen molar-refractivity contribution in [2.75, 3.05) is 9.80 Å². The van der Waals surface area contributed by atoms with Crippen molar-refractivity contribution in [1.82, 2.24) is 4.57 Å². The highest BCUT2D eigenvalue weighted by Gasteiger charge is 2.21. The Hall–Kier alpha value is -8.12. The summed E-state index contributed by atoms with van der Waals surface area (Å²) < 4.78 is 11.4. The summed E-state index contributed by atoms with van der Waals surface area (Å²) in [7, 11) is 0. The summed E-state index contributed by atoms with van der Waals surface area (Å²) in [5.41, 5.74) is 14.4. The monoisotopic (exact) mass is 881 g/mol.